The molecule has 5 atom stereocenters. The van der Waals surface area contributed by atoms with E-state index in [0.29, 0.717) is 5.56 Å². The van der Waals surface area contributed by atoms with Gasteiger partial charge in [-0.05, 0) is 17.7 Å². The van der Waals surface area contributed by atoms with Crippen LogP contribution < -0.4 is 0 Å². The summed E-state index contributed by atoms with van der Waals surface area (Å²) in [6, 6.07) is 4.35. The summed E-state index contributed by atoms with van der Waals surface area (Å²) >= 11 is 0. The maximum atomic E-state index is 9.72. The average Bonchev–Trinajstić information content (AvgIpc) is 2.53. The summed E-state index contributed by atoms with van der Waals surface area (Å²) < 4.78 is 10.2. The van der Waals surface area contributed by atoms with Gasteiger partial charge in [-0.15, -0.1) is 0 Å². The van der Waals surface area contributed by atoms with Crippen LogP contribution in [0.25, 0.3) is 6.08 Å². The second kappa shape index (κ2) is 7.73. The number of benzene rings is 1. The summed E-state index contributed by atoms with van der Waals surface area (Å²) in [4.78, 5) is 0. The minimum atomic E-state index is -1.59. The van der Waals surface area contributed by atoms with E-state index in [1.807, 2.05) is 0 Å². The summed E-state index contributed by atoms with van der Waals surface area (Å²) in [7, 11) is 0. The SMILES string of the molecule is Oc1ccc(/C=C/COC[C@H]2OC(O)[C@H](O)[C@@H](O)[C@@H]2O)cc1O. The standard InChI is InChI=1S/C15H20O8/c16-9-4-3-8(6-10(9)17)2-1-5-22-7-11-12(18)13(19)14(20)15(21)23-11/h1-4,6,11-21H,5,7H2/b2-1+/t11-,12-,13+,14-,15?/m1/s1. The van der Waals surface area contributed by atoms with Crippen LogP contribution >= 0.6 is 0 Å². The van der Waals surface area contributed by atoms with Crippen molar-refractivity contribution >= 4 is 6.08 Å². The molecule has 1 saturated heterocycles. The second-order valence-electron chi connectivity index (χ2n) is 5.22. The van der Waals surface area contributed by atoms with E-state index < -0.39 is 30.7 Å². The summed E-state index contributed by atoms with van der Waals surface area (Å²) in [6.45, 7) is 0.0656. The van der Waals surface area contributed by atoms with E-state index in [9.17, 15) is 30.6 Å². The first-order valence-corrected chi connectivity index (χ1v) is 7.04. The lowest BCUT2D eigenvalue weighted by atomic mass is 9.99. The van der Waals surface area contributed by atoms with Gasteiger partial charge in [-0.1, -0.05) is 18.2 Å². The quantitative estimate of drug-likeness (QED) is 0.296. The Hall–Kier alpha value is -1.68. The van der Waals surface area contributed by atoms with Gasteiger partial charge in [0.05, 0.1) is 13.2 Å². The van der Waals surface area contributed by atoms with Gasteiger partial charge in [0.1, 0.15) is 24.4 Å². The molecule has 0 aromatic heterocycles. The van der Waals surface area contributed by atoms with E-state index in [-0.39, 0.29) is 24.7 Å². The van der Waals surface area contributed by atoms with Crippen molar-refractivity contribution in [2.45, 2.75) is 30.7 Å². The number of phenolic OH excluding ortho intramolecular Hbond substituents is 2. The lowest BCUT2D eigenvalue weighted by Gasteiger charge is -2.38. The zero-order chi connectivity index (χ0) is 17.0. The average molecular weight is 328 g/mol. The molecule has 0 aliphatic carbocycles. The molecular formula is C15H20O8. The Morgan fingerprint density at radius 1 is 1.00 bits per heavy atom. The first kappa shape index (κ1) is 17.7. The zero-order valence-corrected chi connectivity index (χ0v) is 12.2. The fraction of sp³-hybridized carbons (Fsp3) is 0.467. The molecule has 1 aliphatic heterocycles. The number of rotatable bonds is 5. The third kappa shape index (κ3) is 4.41. The molecule has 0 spiro atoms. The lowest BCUT2D eigenvalue weighted by Crippen LogP contribution is -2.58. The molecule has 1 heterocycles. The van der Waals surface area contributed by atoms with Gasteiger partial charge in [0.25, 0.3) is 0 Å². The summed E-state index contributed by atoms with van der Waals surface area (Å²) in [5, 5.41) is 56.5. The first-order chi connectivity index (χ1) is 10.9. The van der Waals surface area contributed by atoms with Crippen molar-refractivity contribution < 1.29 is 40.1 Å². The Kier molecular flexibility index (Phi) is 5.94. The van der Waals surface area contributed by atoms with Crippen LogP contribution in [0.3, 0.4) is 0 Å². The van der Waals surface area contributed by atoms with Crippen LogP contribution in [0.5, 0.6) is 11.5 Å². The molecule has 128 valence electrons. The molecule has 0 radical (unpaired) electrons. The Bertz CT molecular complexity index is 546. The summed E-state index contributed by atoms with van der Waals surface area (Å²) in [6.07, 6.45) is -3.70. The molecule has 8 heteroatoms. The van der Waals surface area contributed by atoms with E-state index >= 15 is 0 Å². The highest BCUT2D eigenvalue weighted by molar-refractivity contribution is 5.55. The van der Waals surface area contributed by atoms with E-state index in [4.69, 9.17) is 9.47 Å². The maximum absolute atomic E-state index is 9.72. The lowest BCUT2D eigenvalue weighted by molar-refractivity contribution is -0.288. The number of hydrogen-bond donors (Lipinski definition) is 6. The van der Waals surface area contributed by atoms with Crippen molar-refractivity contribution in [3.63, 3.8) is 0 Å². The fourth-order valence-electron chi connectivity index (χ4n) is 2.15. The van der Waals surface area contributed by atoms with Gasteiger partial charge in [0, 0.05) is 0 Å². The van der Waals surface area contributed by atoms with E-state index in [1.54, 1.807) is 18.2 Å². The predicted octanol–water partition coefficient (Wildman–Crippen LogP) is -1.07. The third-order valence-electron chi connectivity index (χ3n) is 3.49. The molecule has 2 rings (SSSR count). The smallest absolute Gasteiger partial charge is 0.184 e. The van der Waals surface area contributed by atoms with Gasteiger partial charge in [-0.25, -0.2) is 0 Å². The van der Waals surface area contributed by atoms with Crippen LogP contribution in [0, 0.1) is 0 Å². The van der Waals surface area contributed by atoms with Crippen LogP contribution in [0.4, 0.5) is 0 Å². The molecular weight excluding hydrogens is 308 g/mol. The number of phenols is 2. The van der Waals surface area contributed by atoms with Gasteiger partial charge in [-0.2, -0.15) is 0 Å². The number of aliphatic hydroxyl groups is 4. The molecule has 1 unspecified atom stereocenters. The third-order valence-corrected chi connectivity index (χ3v) is 3.49. The minimum absolute atomic E-state index is 0.0901. The number of ether oxygens (including phenoxy) is 2. The zero-order valence-electron chi connectivity index (χ0n) is 12.2. The Morgan fingerprint density at radius 2 is 1.74 bits per heavy atom. The highest BCUT2D eigenvalue weighted by Gasteiger charge is 2.42. The van der Waals surface area contributed by atoms with Crippen molar-refractivity contribution in [3.05, 3.63) is 29.8 Å². The maximum Gasteiger partial charge on any atom is 0.184 e. The van der Waals surface area contributed by atoms with E-state index in [1.165, 1.54) is 12.1 Å². The largest absolute Gasteiger partial charge is 0.504 e. The predicted molar refractivity (Wildman–Crippen MR) is 78.5 cm³/mol. The van der Waals surface area contributed by atoms with Gasteiger partial charge in [0.2, 0.25) is 0 Å². The number of aromatic hydroxyl groups is 2. The minimum Gasteiger partial charge on any atom is -0.504 e. The van der Waals surface area contributed by atoms with Gasteiger partial charge in [-0.3, -0.25) is 0 Å². The van der Waals surface area contributed by atoms with Gasteiger partial charge >= 0.3 is 0 Å². The van der Waals surface area contributed by atoms with Crippen molar-refractivity contribution in [2.75, 3.05) is 13.2 Å². The van der Waals surface area contributed by atoms with Crippen molar-refractivity contribution in [3.8, 4) is 11.5 Å². The van der Waals surface area contributed by atoms with Crippen LogP contribution in [-0.2, 0) is 9.47 Å². The molecule has 1 aromatic rings. The first-order valence-electron chi connectivity index (χ1n) is 7.04. The molecule has 0 saturated carbocycles. The molecule has 23 heavy (non-hydrogen) atoms. The second-order valence-corrected chi connectivity index (χ2v) is 5.22. The van der Waals surface area contributed by atoms with Crippen LogP contribution in [0.1, 0.15) is 5.56 Å². The van der Waals surface area contributed by atoms with Crippen LogP contribution in [0.2, 0.25) is 0 Å². The molecule has 1 fully saturated rings. The normalized spacial score (nSPS) is 31.6. The summed E-state index contributed by atoms with van der Waals surface area (Å²) in [5.74, 6) is -0.436. The highest BCUT2D eigenvalue weighted by atomic mass is 16.6. The molecule has 0 bridgehead atoms. The molecule has 1 aromatic carbocycles. The molecule has 6 N–H and O–H groups in total. The summed E-state index contributed by atoms with van der Waals surface area (Å²) in [5.41, 5.74) is 0.659. The molecule has 0 amide bonds. The van der Waals surface area contributed by atoms with Crippen molar-refractivity contribution in [1.82, 2.24) is 0 Å². The molecule has 1 aliphatic rings. The Labute approximate surface area is 132 Å². The van der Waals surface area contributed by atoms with E-state index in [0.717, 1.165) is 0 Å². The van der Waals surface area contributed by atoms with Crippen molar-refractivity contribution in [1.29, 1.82) is 0 Å². The monoisotopic (exact) mass is 328 g/mol. The Morgan fingerprint density at radius 3 is 2.43 bits per heavy atom. The number of hydrogen-bond acceptors (Lipinski definition) is 8. The van der Waals surface area contributed by atoms with Crippen molar-refractivity contribution in [2.24, 2.45) is 0 Å². The highest BCUT2D eigenvalue weighted by Crippen LogP contribution is 2.25. The Balaban J connectivity index is 1.78. The van der Waals surface area contributed by atoms with Gasteiger partial charge in [0.15, 0.2) is 17.8 Å². The molecule has 8 nitrogen and oxygen atoms in total. The van der Waals surface area contributed by atoms with E-state index in [2.05, 4.69) is 0 Å². The topological polar surface area (TPSA) is 140 Å². The van der Waals surface area contributed by atoms with Crippen LogP contribution in [0.15, 0.2) is 24.3 Å². The fourth-order valence-corrected chi connectivity index (χ4v) is 2.15. The van der Waals surface area contributed by atoms with Crippen LogP contribution in [-0.4, -0.2) is 74.6 Å². The number of aliphatic hydroxyl groups excluding tert-OH is 4. The van der Waals surface area contributed by atoms with Gasteiger partial charge < -0.3 is 40.1 Å².